The monoisotopic (exact) mass is 267 g/mol. The van der Waals surface area contributed by atoms with Gasteiger partial charge >= 0.3 is 5.97 Å². The van der Waals surface area contributed by atoms with E-state index in [1.165, 1.54) is 0 Å². The molecule has 5 heteroatoms. The number of aliphatic carboxylic acids is 1. The van der Waals surface area contributed by atoms with E-state index in [9.17, 15) is 14.7 Å². The molecule has 1 aliphatic carbocycles. The second-order valence-corrected chi connectivity index (χ2v) is 6.33. The quantitative estimate of drug-likeness (QED) is 0.765. The lowest BCUT2D eigenvalue weighted by atomic mass is 9.73. The second kappa shape index (κ2) is 4.47. The van der Waals surface area contributed by atoms with Gasteiger partial charge in [0.05, 0.1) is 0 Å². The number of nitrogens with zero attached hydrogens (tertiary/aromatic N) is 1. The normalized spacial score (nSPS) is 28.1. The first-order chi connectivity index (χ1) is 9.08. The molecule has 0 radical (unpaired) electrons. The van der Waals surface area contributed by atoms with Gasteiger partial charge in [0.15, 0.2) is 0 Å². The lowest BCUT2D eigenvalue weighted by molar-refractivity contribution is -0.156. The molecule has 1 spiro atoms. The maximum Gasteiger partial charge on any atom is 0.319 e. The minimum Gasteiger partial charge on any atom is -0.480 e. The van der Waals surface area contributed by atoms with Crippen LogP contribution in [0.1, 0.15) is 38.5 Å². The highest BCUT2D eigenvalue weighted by molar-refractivity contribution is 6.04. The highest BCUT2D eigenvalue weighted by Gasteiger charge is 2.59. The van der Waals surface area contributed by atoms with Gasteiger partial charge in [0.25, 0.3) is 0 Å². The highest BCUT2D eigenvalue weighted by atomic mass is 16.5. The molecule has 3 aliphatic rings. The number of rotatable bonds is 2. The van der Waals surface area contributed by atoms with Crippen LogP contribution in [0.3, 0.4) is 0 Å². The Morgan fingerprint density at radius 1 is 1.05 bits per heavy atom. The summed E-state index contributed by atoms with van der Waals surface area (Å²) >= 11 is 0. The van der Waals surface area contributed by atoms with E-state index in [-0.39, 0.29) is 11.3 Å². The molecule has 5 nitrogen and oxygen atoms in total. The summed E-state index contributed by atoms with van der Waals surface area (Å²) in [7, 11) is 0. The van der Waals surface area contributed by atoms with Gasteiger partial charge in [-0.1, -0.05) is 0 Å². The molecule has 0 aromatic heterocycles. The Bertz CT molecular complexity index is 391. The van der Waals surface area contributed by atoms with Crippen LogP contribution in [-0.4, -0.2) is 48.2 Å². The van der Waals surface area contributed by atoms with Crippen LogP contribution in [0.15, 0.2) is 0 Å². The van der Waals surface area contributed by atoms with Gasteiger partial charge in [-0.25, -0.2) is 0 Å². The molecular formula is C14H21NO4. The van der Waals surface area contributed by atoms with Crippen molar-refractivity contribution in [2.45, 2.75) is 38.5 Å². The second-order valence-electron chi connectivity index (χ2n) is 6.33. The molecule has 0 bridgehead atoms. The zero-order chi connectivity index (χ0) is 13.5. The maximum atomic E-state index is 12.5. The number of ether oxygens (including phenoxy) is 1. The molecular weight excluding hydrogens is 246 g/mol. The van der Waals surface area contributed by atoms with E-state index in [4.69, 9.17) is 4.74 Å². The van der Waals surface area contributed by atoms with E-state index in [1.807, 2.05) is 4.90 Å². The Labute approximate surface area is 112 Å². The van der Waals surface area contributed by atoms with E-state index in [0.29, 0.717) is 12.8 Å². The largest absolute Gasteiger partial charge is 0.480 e. The molecule has 2 aliphatic heterocycles. The zero-order valence-electron chi connectivity index (χ0n) is 11.2. The van der Waals surface area contributed by atoms with Gasteiger partial charge < -0.3 is 14.7 Å². The Kier molecular flexibility index (Phi) is 3.04. The Balaban J connectivity index is 1.71. The molecule has 0 atom stereocenters. The third-order valence-electron chi connectivity index (χ3n) is 5.07. The number of hydrogen-bond acceptors (Lipinski definition) is 3. The summed E-state index contributed by atoms with van der Waals surface area (Å²) in [6.07, 6.45) is 5.14. The van der Waals surface area contributed by atoms with Gasteiger partial charge in [0, 0.05) is 26.3 Å². The van der Waals surface area contributed by atoms with Crippen molar-refractivity contribution in [1.29, 1.82) is 0 Å². The van der Waals surface area contributed by atoms with Gasteiger partial charge in [-0.05, 0) is 43.9 Å². The van der Waals surface area contributed by atoms with Crippen LogP contribution >= 0.6 is 0 Å². The number of likely N-dealkylation sites (tertiary alicyclic amines) is 1. The molecule has 1 N–H and O–H groups in total. The Hall–Kier alpha value is -1.10. The summed E-state index contributed by atoms with van der Waals surface area (Å²) in [5.41, 5.74) is -0.898. The van der Waals surface area contributed by atoms with Crippen LogP contribution in [0.2, 0.25) is 0 Å². The van der Waals surface area contributed by atoms with Crippen LogP contribution in [0.5, 0.6) is 0 Å². The van der Waals surface area contributed by atoms with Crippen LogP contribution in [0, 0.1) is 10.8 Å². The minimum atomic E-state index is -1.08. The van der Waals surface area contributed by atoms with Crippen LogP contribution in [0.25, 0.3) is 0 Å². The number of piperidine rings is 1. The molecule has 0 aromatic rings. The first-order valence-corrected chi connectivity index (χ1v) is 7.19. The molecule has 2 heterocycles. The van der Waals surface area contributed by atoms with Crippen molar-refractivity contribution >= 4 is 11.9 Å². The van der Waals surface area contributed by atoms with E-state index in [1.54, 1.807) is 0 Å². The highest BCUT2D eigenvalue weighted by Crippen LogP contribution is 2.49. The summed E-state index contributed by atoms with van der Waals surface area (Å²) in [4.78, 5) is 25.5. The fraction of sp³-hybridized carbons (Fsp3) is 0.857. The van der Waals surface area contributed by atoms with Gasteiger partial charge in [-0.15, -0.1) is 0 Å². The zero-order valence-corrected chi connectivity index (χ0v) is 11.2. The molecule has 0 aromatic carbocycles. The SMILES string of the molecule is O=C(O)C1(C(=O)N2CCCC3(CCOCC3)C2)CC1. The molecule has 19 heavy (non-hydrogen) atoms. The summed E-state index contributed by atoms with van der Waals surface area (Å²) < 4.78 is 5.41. The van der Waals surface area contributed by atoms with Crippen LogP contribution in [0.4, 0.5) is 0 Å². The standard InChI is InChI=1S/C14H21NO4/c16-11(14(3-4-14)12(17)18)15-7-1-2-13(10-15)5-8-19-9-6-13/h1-10H2,(H,17,18). The van der Waals surface area contributed by atoms with Crippen molar-refractivity contribution in [3.8, 4) is 0 Å². The van der Waals surface area contributed by atoms with Gasteiger partial charge in [0.2, 0.25) is 5.91 Å². The van der Waals surface area contributed by atoms with Gasteiger partial charge in [0.1, 0.15) is 5.41 Å². The lowest BCUT2D eigenvalue weighted by Crippen LogP contribution is -2.51. The van der Waals surface area contributed by atoms with Crippen molar-refractivity contribution in [3.05, 3.63) is 0 Å². The molecule has 0 unspecified atom stereocenters. The van der Waals surface area contributed by atoms with Crippen molar-refractivity contribution in [3.63, 3.8) is 0 Å². The summed E-state index contributed by atoms with van der Waals surface area (Å²) in [6.45, 7) is 2.99. The fourth-order valence-corrected chi connectivity index (χ4v) is 3.54. The predicted molar refractivity (Wildman–Crippen MR) is 67.6 cm³/mol. The van der Waals surface area contributed by atoms with Crippen molar-refractivity contribution in [1.82, 2.24) is 4.90 Å². The van der Waals surface area contributed by atoms with Crippen molar-refractivity contribution in [2.75, 3.05) is 26.3 Å². The summed E-state index contributed by atoms with van der Waals surface area (Å²) in [5, 5.41) is 9.24. The minimum absolute atomic E-state index is 0.148. The van der Waals surface area contributed by atoms with Gasteiger partial charge in [-0.3, -0.25) is 9.59 Å². The molecule has 1 amide bonds. The fourth-order valence-electron chi connectivity index (χ4n) is 3.54. The number of carboxylic acid groups (broad SMARTS) is 1. The molecule has 3 fully saturated rings. The Morgan fingerprint density at radius 2 is 1.74 bits per heavy atom. The average Bonchev–Trinajstić information content (AvgIpc) is 3.20. The van der Waals surface area contributed by atoms with E-state index in [2.05, 4.69) is 0 Å². The number of carbonyl (C=O) groups is 2. The van der Waals surface area contributed by atoms with Crippen LogP contribution in [-0.2, 0) is 14.3 Å². The maximum absolute atomic E-state index is 12.5. The van der Waals surface area contributed by atoms with E-state index in [0.717, 1.165) is 52.0 Å². The first-order valence-electron chi connectivity index (χ1n) is 7.19. The third-order valence-corrected chi connectivity index (χ3v) is 5.07. The Morgan fingerprint density at radius 3 is 2.32 bits per heavy atom. The van der Waals surface area contributed by atoms with Crippen molar-refractivity contribution < 1.29 is 19.4 Å². The first kappa shape index (κ1) is 12.9. The molecule has 2 saturated heterocycles. The molecule has 1 saturated carbocycles. The van der Waals surface area contributed by atoms with Crippen molar-refractivity contribution in [2.24, 2.45) is 10.8 Å². The number of hydrogen-bond donors (Lipinski definition) is 1. The van der Waals surface area contributed by atoms with E-state index >= 15 is 0 Å². The summed E-state index contributed by atoms with van der Waals surface area (Å²) in [6, 6.07) is 0. The number of amides is 1. The smallest absolute Gasteiger partial charge is 0.319 e. The van der Waals surface area contributed by atoms with Gasteiger partial charge in [-0.2, -0.15) is 0 Å². The average molecular weight is 267 g/mol. The topological polar surface area (TPSA) is 66.8 Å². The number of carbonyl (C=O) groups excluding carboxylic acids is 1. The predicted octanol–water partition coefficient (Wildman–Crippen LogP) is 1.27. The molecule has 106 valence electrons. The summed E-state index contributed by atoms with van der Waals surface area (Å²) in [5.74, 6) is -1.09. The number of carboxylic acids is 1. The molecule has 3 rings (SSSR count). The lowest BCUT2D eigenvalue weighted by Gasteiger charge is -2.45. The van der Waals surface area contributed by atoms with E-state index < -0.39 is 11.4 Å². The van der Waals surface area contributed by atoms with Crippen LogP contribution < -0.4 is 0 Å². The third kappa shape index (κ3) is 2.14.